The molecule has 3 aromatic heterocycles. The average Bonchev–Trinajstić information content (AvgIpc) is 3.93. The summed E-state index contributed by atoms with van der Waals surface area (Å²) in [6.45, 7) is 0. The summed E-state index contributed by atoms with van der Waals surface area (Å²) in [6, 6.07) is 26.5. The first-order valence-corrected chi connectivity index (χ1v) is 18.0. The van der Waals surface area contributed by atoms with Crippen LogP contribution >= 0.6 is 35.3 Å². The Balaban J connectivity index is 0.00000351. The molecule has 8 rings (SSSR count). The van der Waals surface area contributed by atoms with E-state index in [-0.39, 0.29) is 21.1 Å². The summed E-state index contributed by atoms with van der Waals surface area (Å²) < 4.78 is 11.4. The minimum atomic E-state index is 0. The fourth-order valence-corrected chi connectivity index (χ4v) is 10.7. The summed E-state index contributed by atoms with van der Waals surface area (Å²) in [6.07, 6.45) is 8.33. The summed E-state index contributed by atoms with van der Waals surface area (Å²) in [7, 11) is 3.38. The Hall–Kier alpha value is -3.82. The van der Waals surface area contributed by atoms with Gasteiger partial charge in [-0.2, -0.15) is 0 Å². The van der Waals surface area contributed by atoms with Gasteiger partial charge < -0.3 is 19.4 Å². The van der Waals surface area contributed by atoms with Crippen LogP contribution in [-0.2, 0) is 16.5 Å². The molecule has 0 atom stereocenters. The second kappa shape index (κ2) is 13.7. The van der Waals surface area contributed by atoms with Gasteiger partial charge in [-0.3, -0.25) is 0 Å². The van der Waals surface area contributed by atoms with Gasteiger partial charge in [-0.25, -0.2) is 9.97 Å². The van der Waals surface area contributed by atoms with Crippen molar-refractivity contribution in [2.24, 2.45) is 0 Å². The van der Waals surface area contributed by atoms with Crippen molar-refractivity contribution >= 4 is 81.7 Å². The molecule has 0 amide bonds. The summed E-state index contributed by atoms with van der Waals surface area (Å²) in [5, 5.41) is 2.06. The summed E-state index contributed by atoms with van der Waals surface area (Å²) in [4.78, 5) is 20.8. The van der Waals surface area contributed by atoms with Crippen molar-refractivity contribution in [1.29, 1.82) is 0 Å². The van der Waals surface area contributed by atoms with E-state index in [2.05, 4.69) is 48.6 Å². The first kappa shape index (κ1) is 31.8. The Morgan fingerprint density at radius 1 is 0.638 bits per heavy atom. The van der Waals surface area contributed by atoms with Crippen molar-refractivity contribution in [1.82, 2.24) is 19.9 Å². The molecule has 2 aromatic carbocycles. The van der Waals surface area contributed by atoms with E-state index in [0.717, 1.165) is 94.3 Å². The maximum absolute atomic E-state index is 5.60. The van der Waals surface area contributed by atoms with E-state index < -0.39 is 0 Å². The predicted molar refractivity (Wildman–Crippen MR) is 196 cm³/mol. The Kier molecular flexibility index (Phi) is 9.28. The molecule has 3 aliphatic rings. The number of nitrogens with zero attached hydrogens (tertiary/aromatic N) is 4. The summed E-state index contributed by atoms with van der Waals surface area (Å²) >= 11 is 5.83. The van der Waals surface area contributed by atoms with Crippen LogP contribution in [0.15, 0.2) is 78.9 Å². The van der Waals surface area contributed by atoms with Crippen molar-refractivity contribution < 1.29 is 26.0 Å². The minimum Gasteiger partial charge on any atom is -0.657 e. The molecule has 1 saturated heterocycles. The van der Waals surface area contributed by atoms with Crippen LogP contribution in [0.25, 0.3) is 68.6 Å². The summed E-state index contributed by atoms with van der Waals surface area (Å²) in [5.74, 6) is 1.57. The quantitative estimate of drug-likeness (QED) is 0.162. The third-order valence-corrected chi connectivity index (χ3v) is 12.3. The van der Waals surface area contributed by atoms with Crippen molar-refractivity contribution in [3.63, 3.8) is 0 Å². The number of fused-ring (bicyclic) bond motifs is 8. The first-order chi connectivity index (χ1) is 22.7. The first-order valence-electron chi connectivity index (χ1n) is 14.8. The SMILES string of the molecule is COc1cccc(-c2c3nc(c(C4SCSCS4)c4ccc([n-]4)c(-c4cccc(OC)c4)c4nc(cc5ccc2[n-]5)C=C4)C=C3)c1.[Ni+2]. The minimum absolute atomic E-state index is 0. The molecule has 0 aliphatic carbocycles. The molecule has 8 bridgehead atoms. The molecule has 0 unspecified atom stereocenters. The normalized spacial score (nSPS) is 14.2. The number of hydrogen-bond acceptors (Lipinski definition) is 7. The molecule has 236 valence electrons. The topological polar surface area (TPSA) is 72.4 Å². The van der Waals surface area contributed by atoms with Crippen LogP contribution in [0, 0.1) is 0 Å². The number of aromatic nitrogens is 4. The molecule has 0 spiro atoms. The molecule has 0 N–H and O–H groups in total. The second-order valence-corrected chi connectivity index (χ2v) is 15.0. The van der Waals surface area contributed by atoms with Gasteiger partial charge in [0.1, 0.15) is 11.5 Å². The zero-order valence-corrected chi connectivity index (χ0v) is 28.9. The Morgan fingerprint density at radius 2 is 1.23 bits per heavy atom. The second-order valence-electron chi connectivity index (χ2n) is 10.8. The van der Waals surface area contributed by atoms with Gasteiger partial charge in [-0.05, 0) is 76.4 Å². The molecule has 3 aliphatic heterocycles. The van der Waals surface area contributed by atoms with Gasteiger partial charge in [0.15, 0.2) is 0 Å². The van der Waals surface area contributed by atoms with Gasteiger partial charge in [0.25, 0.3) is 0 Å². The maximum Gasteiger partial charge on any atom is 2.00 e. The van der Waals surface area contributed by atoms with Gasteiger partial charge in [0, 0.05) is 10.2 Å². The van der Waals surface area contributed by atoms with Gasteiger partial charge in [0.2, 0.25) is 0 Å². The third-order valence-electron chi connectivity index (χ3n) is 8.03. The number of ether oxygens (including phenoxy) is 2. The van der Waals surface area contributed by atoms with E-state index in [9.17, 15) is 0 Å². The predicted octanol–water partition coefficient (Wildman–Crippen LogP) is 9.39. The molecule has 6 nitrogen and oxygen atoms in total. The van der Waals surface area contributed by atoms with Gasteiger partial charge in [-0.15, -0.1) is 57.4 Å². The number of thioether (sulfide) groups is 3. The number of benzene rings is 2. The monoisotopic (exact) mass is 714 g/mol. The van der Waals surface area contributed by atoms with E-state index in [1.54, 1.807) is 14.2 Å². The average molecular weight is 716 g/mol. The van der Waals surface area contributed by atoms with Crippen molar-refractivity contribution in [3.8, 4) is 33.8 Å². The van der Waals surface area contributed by atoms with Crippen LogP contribution in [0.4, 0.5) is 0 Å². The van der Waals surface area contributed by atoms with Gasteiger partial charge in [-0.1, -0.05) is 54.6 Å². The van der Waals surface area contributed by atoms with E-state index in [1.165, 1.54) is 0 Å². The van der Waals surface area contributed by atoms with Crippen molar-refractivity contribution in [2.75, 3.05) is 24.4 Å². The zero-order chi connectivity index (χ0) is 31.0. The molecule has 10 heteroatoms. The van der Waals surface area contributed by atoms with Crippen LogP contribution in [0.5, 0.6) is 11.5 Å². The van der Waals surface area contributed by atoms with Gasteiger partial charge in [0.05, 0.1) is 41.6 Å². The van der Waals surface area contributed by atoms with Crippen LogP contribution < -0.4 is 19.4 Å². The van der Waals surface area contributed by atoms with Crippen molar-refractivity contribution in [3.05, 3.63) is 107 Å². The van der Waals surface area contributed by atoms with E-state index in [1.807, 2.05) is 89.9 Å². The molecular formula is C37H28N4NiO2S3. The van der Waals surface area contributed by atoms with Crippen LogP contribution in [0.3, 0.4) is 0 Å². The molecule has 5 aromatic rings. The Morgan fingerprint density at radius 3 is 1.94 bits per heavy atom. The van der Waals surface area contributed by atoms with Crippen LogP contribution in [0.2, 0.25) is 0 Å². The molecular weight excluding hydrogens is 687 g/mol. The van der Waals surface area contributed by atoms with E-state index >= 15 is 0 Å². The van der Waals surface area contributed by atoms with Crippen LogP contribution in [0.1, 0.15) is 32.9 Å². The zero-order valence-electron chi connectivity index (χ0n) is 25.5. The molecule has 0 radical (unpaired) electrons. The smallest absolute Gasteiger partial charge is 0.657 e. The Labute approximate surface area is 295 Å². The number of methoxy groups -OCH3 is 2. The third kappa shape index (κ3) is 6.28. The largest absolute Gasteiger partial charge is 2.00 e. The van der Waals surface area contributed by atoms with E-state index in [4.69, 9.17) is 29.4 Å². The standard InChI is InChI=1S/C37H28N4O2S3.Ni/c1-42-26-7-3-5-22(17-26)34-28-11-9-24(38-28)19-25-10-12-29(39-25)35(23-6-4-8-27(18-23)43-2)31-14-16-33(41-31)36(32-15-13-30(34)40-32)37-45-20-44-21-46-37;/h3-19,37H,20-21H2,1-2H3;/q-2;+2. The fraction of sp³-hybridized carbons (Fsp3) is 0.135. The molecule has 6 heterocycles. The van der Waals surface area contributed by atoms with Crippen molar-refractivity contribution in [2.45, 2.75) is 4.58 Å². The summed E-state index contributed by atoms with van der Waals surface area (Å²) in [5.41, 5.74) is 12.0. The van der Waals surface area contributed by atoms with E-state index in [0.29, 0.717) is 0 Å². The van der Waals surface area contributed by atoms with Crippen LogP contribution in [-0.4, -0.2) is 34.4 Å². The number of rotatable bonds is 5. The maximum atomic E-state index is 5.60. The van der Waals surface area contributed by atoms with Gasteiger partial charge >= 0.3 is 16.5 Å². The molecule has 1 fully saturated rings. The fourth-order valence-electron chi connectivity index (χ4n) is 5.90. The number of hydrogen-bond donors (Lipinski definition) is 0. The molecule has 0 saturated carbocycles. The molecule has 47 heavy (non-hydrogen) atoms. The Bertz CT molecular complexity index is 2160.